The number of nitrogens with zero attached hydrogens (tertiary/aromatic N) is 2. The molecule has 1 aromatic carbocycles. The fourth-order valence-corrected chi connectivity index (χ4v) is 2.37. The van der Waals surface area contributed by atoms with Crippen molar-refractivity contribution in [3.63, 3.8) is 0 Å². The number of benzene rings is 1. The molecule has 2 atom stereocenters. The zero-order valence-corrected chi connectivity index (χ0v) is 10.2. The van der Waals surface area contributed by atoms with E-state index in [1.807, 2.05) is 11.8 Å². The van der Waals surface area contributed by atoms with Gasteiger partial charge in [0.15, 0.2) is 0 Å². The SMILES string of the molecule is C=C[C@]1(O)CCN(c2ccc(C#N)c(F)c2)[C@H]1C. The highest BCUT2D eigenvalue weighted by Gasteiger charge is 2.41. The molecule has 1 aliphatic rings. The Morgan fingerprint density at radius 2 is 2.39 bits per heavy atom. The zero-order valence-electron chi connectivity index (χ0n) is 10.2. The third-order valence-electron chi connectivity index (χ3n) is 3.70. The van der Waals surface area contributed by atoms with Crippen LogP contribution in [0.5, 0.6) is 0 Å². The molecule has 18 heavy (non-hydrogen) atoms. The smallest absolute Gasteiger partial charge is 0.143 e. The van der Waals surface area contributed by atoms with Gasteiger partial charge in [-0.1, -0.05) is 6.08 Å². The minimum Gasteiger partial charge on any atom is -0.384 e. The van der Waals surface area contributed by atoms with Crippen LogP contribution in [-0.4, -0.2) is 23.3 Å². The first kappa shape index (κ1) is 12.6. The van der Waals surface area contributed by atoms with Gasteiger partial charge in [-0.05, 0) is 31.5 Å². The third-order valence-corrected chi connectivity index (χ3v) is 3.70. The lowest BCUT2D eigenvalue weighted by Gasteiger charge is -2.30. The van der Waals surface area contributed by atoms with E-state index in [4.69, 9.17) is 5.26 Å². The number of rotatable bonds is 2. The Labute approximate surface area is 106 Å². The summed E-state index contributed by atoms with van der Waals surface area (Å²) in [6, 6.07) is 6.13. The molecule has 4 heteroatoms. The van der Waals surface area contributed by atoms with Gasteiger partial charge in [-0.2, -0.15) is 5.26 Å². The van der Waals surface area contributed by atoms with Gasteiger partial charge in [0.1, 0.15) is 17.5 Å². The van der Waals surface area contributed by atoms with Crippen molar-refractivity contribution in [2.75, 3.05) is 11.4 Å². The van der Waals surface area contributed by atoms with Crippen LogP contribution < -0.4 is 4.90 Å². The molecule has 0 radical (unpaired) electrons. The molecule has 94 valence electrons. The van der Waals surface area contributed by atoms with E-state index in [1.54, 1.807) is 12.1 Å². The van der Waals surface area contributed by atoms with Gasteiger partial charge in [0.05, 0.1) is 11.6 Å². The summed E-state index contributed by atoms with van der Waals surface area (Å²) >= 11 is 0. The number of halogens is 1. The maximum Gasteiger partial charge on any atom is 0.143 e. The lowest BCUT2D eigenvalue weighted by Crippen LogP contribution is -2.40. The summed E-state index contributed by atoms with van der Waals surface area (Å²) in [6.45, 7) is 6.16. The molecule has 0 spiro atoms. The van der Waals surface area contributed by atoms with E-state index in [1.165, 1.54) is 18.2 Å². The van der Waals surface area contributed by atoms with E-state index in [0.29, 0.717) is 18.7 Å². The van der Waals surface area contributed by atoms with Crippen LogP contribution in [0.15, 0.2) is 30.9 Å². The van der Waals surface area contributed by atoms with E-state index >= 15 is 0 Å². The number of nitriles is 1. The Hall–Kier alpha value is -1.86. The largest absolute Gasteiger partial charge is 0.384 e. The molecule has 0 saturated carbocycles. The summed E-state index contributed by atoms with van der Waals surface area (Å²) in [6.07, 6.45) is 2.11. The lowest BCUT2D eigenvalue weighted by atomic mass is 9.96. The van der Waals surface area contributed by atoms with Crippen LogP contribution in [0.2, 0.25) is 0 Å². The lowest BCUT2D eigenvalue weighted by molar-refractivity contribution is 0.0876. The van der Waals surface area contributed by atoms with Gasteiger partial charge in [-0.15, -0.1) is 6.58 Å². The Kier molecular flexibility index (Phi) is 3.10. The van der Waals surface area contributed by atoms with Crippen molar-refractivity contribution in [2.24, 2.45) is 0 Å². The summed E-state index contributed by atoms with van der Waals surface area (Å²) in [5.74, 6) is -0.531. The highest BCUT2D eigenvalue weighted by Crippen LogP contribution is 2.34. The van der Waals surface area contributed by atoms with Crippen molar-refractivity contribution in [3.05, 3.63) is 42.2 Å². The number of hydrogen-bond donors (Lipinski definition) is 1. The first-order chi connectivity index (χ1) is 8.51. The second-order valence-corrected chi connectivity index (χ2v) is 4.59. The number of hydrogen-bond acceptors (Lipinski definition) is 3. The molecule has 1 fully saturated rings. The van der Waals surface area contributed by atoms with Crippen LogP contribution in [0.3, 0.4) is 0 Å². The molecule has 1 N–H and O–H groups in total. The van der Waals surface area contributed by atoms with E-state index in [-0.39, 0.29) is 11.6 Å². The molecule has 3 nitrogen and oxygen atoms in total. The first-order valence-corrected chi connectivity index (χ1v) is 5.84. The summed E-state index contributed by atoms with van der Waals surface area (Å²) in [5, 5.41) is 19.0. The number of aliphatic hydroxyl groups is 1. The maximum absolute atomic E-state index is 13.6. The van der Waals surface area contributed by atoms with Crippen molar-refractivity contribution >= 4 is 5.69 Å². The van der Waals surface area contributed by atoms with Crippen LogP contribution in [0.25, 0.3) is 0 Å². The van der Waals surface area contributed by atoms with Crippen molar-refractivity contribution in [3.8, 4) is 6.07 Å². The van der Waals surface area contributed by atoms with Crippen molar-refractivity contribution in [2.45, 2.75) is 25.0 Å². The van der Waals surface area contributed by atoms with E-state index in [0.717, 1.165) is 0 Å². The van der Waals surface area contributed by atoms with Crippen molar-refractivity contribution < 1.29 is 9.50 Å². The van der Waals surface area contributed by atoms with Crippen LogP contribution in [0.1, 0.15) is 18.9 Å². The molecule has 2 rings (SSSR count). The van der Waals surface area contributed by atoms with E-state index < -0.39 is 11.4 Å². The van der Waals surface area contributed by atoms with Crippen molar-refractivity contribution in [1.82, 2.24) is 0 Å². The molecular formula is C14H15FN2O. The standard InChI is InChI=1S/C14H15FN2O/c1-3-14(18)6-7-17(10(14)2)12-5-4-11(9-16)13(15)8-12/h3-5,8,10,18H,1,6-7H2,2H3/t10-,14-/m0/s1. The summed E-state index contributed by atoms with van der Waals surface area (Å²) in [4.78, 5) is 1.92. The fourth-order valence-electron chi connectivity index (χ4n) is 2.37. The Morgan fingerprint density at radius 3 is 2.89 bits per heavy atom. The Bertz CT molecular complexity index is 523. The molecule has 0 aromatic heterocycles. The summed E-state index contributed by atoms with van der Waals surface area (Å²) < 4.78 is 13.6. The minimum atomic E-state index is -0.940. The zero-order chi connectivity index (χ0) is 13.3. The maximum atomic E-state index is 13.6. The van der Waals surface area contributed by atoms with Gasteiger partial charge in [0, 0.05) is 12.2 Å². The van der Waals surface area contributed by atoms with Gasteiger partial charge >= 0.3 is 0 Å². The molecule has 0 unspecified atom stereocenters. The predicted octanol–water partition coefficient (Wildman–Crippen LogP) is 2.21. The van der Waals surface area contributed by atoms with E-state index in [2.05, 4.69) is 6.58 Å². The van der Waals surface area contributed by atoms with Gasteiger partial charge in [0.2, 0.25) is 0 Å². The quantitative estimate of drug-likeness (QED) is 0.814. The third kappa shape index (κ3) is 1.87. The van der Waals surface area contributed by atoms with E-state index in [9.17, 15) is 9.50 Å². The molecule has 0 amide bonds. The molecule has 1 heterocycles. The topological polar surface area (TPSA) is 47.3 Å². The van der Waals surface area contributed by atoms with Crippen LogP contribution in [0.4, 0.5) is 10.1 Å². The highest BCUT2D eigenvalue weighted by molar-refractivity contribution is 5.53. The van der Waals surface area contributed by atoms with Crippen molar-refractivity contribution in [1.29, 1.82) is 5.26 Å². The minimum absolute atomic E-state index is 0.0320. The van der Waals surface area contributed by atoms with Crippen LogP contribution >= 0.6 is 0 Å². The summed E-state index contributed by atoms with van der Waals surface area (Å²) in [5.41, 5.74) is -0.231. The molecular weight excluding hydrogens is 231 g/mol. The molecule has 0 bridgehead atoms. The molecule has 1 aromatic rings. The molecule has 1 aliphatic heterocycles. The Morgan fingerprint density at radius 1 is 1.67 bits per heavy atom. The first-order valence-electron chi connectivity index (χ1n) is 5.84. The highest BCUT2D eigenvalue weighted by atomic mass is 19.1. The number of anilines is 1. The average Bonchev–Trinajstić information content (AvgIpc) is 2.67. The monoisotopic (exact) mass is 246 g/mol. The van der Waals surface area contributed by atoms with Gasteiger partial charge < -0.3 is 10.0 Å². The fraction of sp³-hybridized carbons (Fsp3) is 0.357. The summed E-state index contributed by atoms with van der Waals surface area (Å²) in [7, 11) is 0. The normalized spacial score (nSPS) is 27.0. The predicted molar refractivity (Wildman–Crippen MR) is 67.7 cm³/mol. The Balaban J connectivity index is 2.32. The van der Waals surface area contributed by atoms with Crippen LogP contribution in [-0.2, 0) is 0 Å². The molecule has 1 saturated heterocycles. The molecule has 0 aliphatic carbocycles. The van der Waals surface area contributed by atoms with Gasteiger partial charge in [-0.25, -0.2) is 4.39 Å². The second-order valence-electron chi connectivity index (χ2n) is 4.59. The van der Waals surface area contributed by atoms with Gasteiger partial charge in [-0.3, -0.25) is 0 Å². The van der Waals surface area contributed by atoms with Crippen LogP contribution in [0, 0.1) is 17.1 Å². The average molecular weight is 246 g/mol. The second kappa shape index (κ2) is 4.43. The van der Waals surface area contributed by atoms with Gasteiger partial charge in [0.25, 0.3) is 0 Å².